The number of fused-ring (bicyclic) bond motifs is 2. The molecule has 0 amide bonds. The number of rotatable bonds is 4. The molecule has 2 aromatic heterocycles. The van der Waals surface area contributed by atoms with E-state index in [0.29, 0.717) is 5.56 Å². The van der Waals surface area contributed by atoms with Crippen LogP contribution in [0.1, 0.15) is 41.0 Å². The van der Waals surface area contributed by atoms with Crippen LogP contribution in [0, 0.1) is 18.3 Å². The largest absolute Gasteiger partial charge is 0.340 e. The summed E-state index contributed by atoms with van der Waals surface area (Å²) in [6.07, 6.45) is 2.99. The van der Waals surface area contributed by atoms with Gasteiger partial charge < -0.3 is 10.7 Å². The highest BCUT2D eigenvalue weighted by molar-refractivity contribution is 14.2. The Morgan fingerprint density at radius 1 is 1.37 bits per heavy atom. The summed E-state index contributed by atoms with van der Waals surface area (Å²) in [6.45, 7) is 4.30. The Labute approximate surface area is 173 Å². The van der Waals surface area contributed by atoms with Gasteiger partial charge in [-0.25, -0.2) is 4.98 Å². The van der Waals surface area contributed by atoms with Gasteiger partial charge in [0, 0.05) is 41.9 Å². The molecule has 27 heavy (non-hydrogen) atoms. The Kier molecular flexibility index (Phi) is 4.88. The number of aromatic nitrogens is 3. The van der Waals surface area contributed by atoms with E-state index in [1.807, 2.05) is 12.1 Å². The summed E-state index contributed by atoms with van der Waals surface area (Å²) >= 11 is 2.29. The van der Waals surface area contributed by atoms with E-state index in [2.05, 4.69) is 68.4 Å². The van der Waals surface area contributed by atoms with Gasteiger partial charge in [-0.15, -0.1) is 0 Å². The van der Waals surface area contributed by atoms with Crippen molar-refractivity contribution in [3.8, 4) is 6.07 Å². The van der Waals surface area contributed by atoms with Gasteiger partial charge in [0.05, 0.1) is 34.2 Å². The molecular weight excluding hydrogens is 469 g/mol. The lowest BCUT2D eigenvalue weighted by Gasteiger charge is -2.17. The van der Waals surface area contributed by atoms with Crippen molar-refractivity contribution < 1.29 is 0 Å². The van der Waals surface area contributed by atoms with Crippen LogP contribution in [0.25, 0.3) is 21.9 Å². The molecule has 1 atom stereocenters. The van der Waals surface area contributed by atoms with Crippen LogP contribution in [-0.2, 0) is 6.42 Å². The zero-order chi connectivity index (χ0) is 19.1. The van der Waals surface area contributed by atoms with Gasteiger partial charge >= 0.3 is 0 Å². The molecule has 0 saturated heterocycles. The van der Waals surface area contributed by atoms with E-state index in [0.717, 1.165) is 28.8 Å². The van der Waals surface area contributed by atoms with Gasteiger partial charge in [-0.2, -0.15) is 5.26 Å². The molecular formula is C20H18IN5S. The summed E-state index contributed by atoms with van der Waals surface area (Å²) in [5.74, 6) is 0.717. The molecule has 0 spiro atoms. The lowest BCUT2D eigenvalue weighted by molar-refractivity contribution is 0.799. The van der Waals surface area contributed by atoms with Crippen LogP contribution in [-0.4, -0.2) is 13.9 Å². The van der Waals surface area contributed by atoms with Crippen LogP contribution in [0.4, 0.5) is 0 Å². The Balaban J connectivity index is 1.92. The Morgan fingerprint density at radius 2 is 2.19 bits per heavy atom. The van der Waals surface area contributed by atoms with E-state index >= 15 is 0 Å². The fourth-order valence-electron chi connectivity index (χ4n) is 3.70. The van der Waals surface area contributed by atoms with Crippen LogP contribution in [0.2, 0.25) is 0 Å². The molecule has 136 valence electrons. The summed E-state index contributed by atoms with van der Waals surface area (Å²) < 4.78 is 2.17. The fourth-order valence-corrected chi connectivity index (χ4v) is 5.10. The molecule has 2 aromatic carbocycles. The van der Waals surface area contributed by atoms with Crippen molar-refractivity contribution in [2.45, 2.75) is 26.3 Å². The molecule has 4 rings (SSSR count). The third kappa shape index (κ3) is 3.02. The predicted molar refractivity (Wildman–Crippen MR) is 120 cm³/mol. The molecule has 0 saturated carbocycles. The molecule has 4 aromatic rings. The maximum absolute atomic E-state index is 9.12. The smallest absolute Gasteiger partial charge is 0.128 e. The number of hydrogen-bond acceptors (Lipinski definition) is 4. The number of nitrogens with two attached hydrogens (primary N) is 1. The highest BCUT2D eigenvalue weighted by Gasteiger charge is 2.22. The van der Waals surface area contributed by atoms with Crippen LogP contribution in [0.5, 0.6) is 0 Å². The highest BCUT2D eigenvalue weighted by Crippen LogP contribution is 2.36. The monoisotopic (exact) mass is 487 g/mol. The van der Waals surface area contributed by atoms with Crippen molar-refractivity contribution in [1.29, 1.82) is 5.26 Å². The highest BCUT2D eigenvalue weighted by atomic mass is 127. The van der Waals surface area contributed by atoms with E-state index in [9.17, 15) is 0 Å². The normalized spacial score (nSPS) is 12.6. The van der Waals surface area contributed by atoms with E-state index in [1.54, 1.807) is 15.2 Å². The standard InChI is InChI=1S/C20H18IN5S/c1-3-13-8-11(2)19-14(6-7-26(19)27-21)17(13)18(23)20-24-15-5-4-12(10-22)9-16(15)25-20/h4-9,18H,3,23H2,1-2H3,(H,24,25). The third-order valence-electron chi connectivity index (χ3n) is 4.94. The van der Waals surface area contributed by atoms with E-state index in [4.69, 9.17) is 16.0 Å². The SMILES string of the molecule is CCc1cc(C)c2c(ccn2SI)c1C(N)c1nc2ccc(C#N)cc2[nH]1. The minimum Gasteiger partial charge on any atom is -0.340 e. The van der Waals surface area contributed by atoms with Crippen molar-refractivity contribution in [2.24, 2.45) is 5.73 Å². The molecule has 3 N–H and O–H groups in total. The maximum Gasteiger partial charge on any atom is 0.128 e. The van der Waals surface area contributed by atoms with Crippen LogP contribution < -0.4 is 5.73 Å². The Hall–Kier alpha value is -2.02. The summed E-state index contributed by atoms with van der Waals surface area (Å²) in [4.78, 5) is 8.01. The number of hydrogen-bond donors (Lipinski definition) is 2. The zero-order valence-corrected chi connectivity index (χ0v) is 17.9. The van der Waals surface area contributed by atoms with Gasteiger partial charge in [-0.3, -0.25) is 3.97 Å². The predicted octanol–water partition coefficient (Wildman–Crippen LogP) is 5.15. The van der Waals surface area contributed by atoms with Crippen molar-refractivity contribution in [3.63, 3.8) is 0 Å². The van der Waals surface area contributed by atoms with Crippen LogP contribution in [0.3, 0.4) is 0 Å². The number of benzene rings is 2. The zero-order valence-electron chi connectivity index (χ0n) is 15.0. The average molecular weight is 487 g/mol. The molecule has 7 heteroatoms. The topological polar surface area (TPSA) is 83.4 Å². The molecule has 2 heterocycles. The number of aryl methyl sites for hydroxylation is 2. The number of H-pyrrole nitrogens is 1. The second kappa shape index (κ2) is 7.19. The summed E-state index contributed by atoms with van der Waals surface area (Å²) in [6, 6.07) is 11.6. The molecule has 5 nitrogen and oxygen atoms in total. The molecule has 0 bridgehead atoms. The minimum atomic E-state index is -0.365. The number of aromatic amines is 1. The second-order valence-electron chi connectivity index (χ2n) is 6.54. The maximum atomic E-state index is 9.12. The number of nitrogens with one attached hydrogen (secondary N) is 1. The number of nitrogens with zero attached hydrogens (tertiary/aromatic N) is 3. The number of nitriles is 1. The van der Waals surface area contributed by atoms with Crippen LogP contribution in [0.15, 0.2) is 36.5 Å². The van der Waals surface area contributed by atoms with Crippen molar-refractivity contribution >= 4 is 52.3 Å². The molecule has 0 radical (unpaired) electrons. The van der Waals surface area contributed by atoms with Gasteiger partial charge in [0.1, 0.15) is 5.82 Å². The van der Waals surface area contributed by atoms with Crippen LogP contribution >= 0.6 is 30.3 Å². The molecule has 0 aliphatic rings. The fraction of sp³-hybridized carbons (Fsp3) is 0.200. The third-order valence-corrected chi connectivity index (χ3v) is 6.67. The first kappa shape index (κ1) is 18.3. The Bertz CT molecular complexity index is 1200. The summed E-state index contributed by atoms with van der Waals surface area (Å²) in [5, 5.41) is 10.3. The van der Waals surface area contributed by atoms with Crippen molar-refractivity contribution in [2.75, 3.05) is 0 Å². The molecule has 1 unspecified atom stereocenters. The summed E-state index contributed by atoms with van der Waals surface area (Å²) in [7, 11) is 1.65. The van der Waals surface area contributed by atoms with E-state index in [-0.39, 0.29) is 6.04 Å². The molecule has 0 fully saturated rings. The van der Waals surface area contributed by atoms with Gasteiger partial charge in [-0.05, 0) is 54.3 Å². The molecule has 0 aliphatic carbocycles. The van der Waals surface area contributed by atoms with Crippen molar-refractivity contribution in [3.05, 3.63) is 64.6 Å². The second-order valence-corrected chi connectivity index (χ2v) is 8.25. The van der Waals surface area contributed by atoms with Crippen molar-refractivity contribution in [1.82, 2.24) is 13.9 Å². The minimum absolute atomic E-state index is 0.365. The lowest BCUT2D eigenvalue weighted by Crippen LogP contribution is -2.16. The van der Waals surface area contributed by atoms with Gasteiger partial charge in [0.2, 0.25) is 0 Å². The summed E-state index contributed by atoms with van der Waals surface area (Å²) in [5.41, 5.74) is 13.8. The van der Waals surface area contributed by atoms with Gasteiger partial charge in [-0.1, -0.05) is 13.0 Å². The van der Waals surface area contributed by atoms with Gasteiger partial charge in [0.15, 0.2) is 0 Å². The first-order chi connectivity index (χ1) is 13.1. The lowest BCUT2D eigenvalue weighted by atomic mass is 9.92. The van der Waals surface area contributed by atoms with E-state index in [1.165, 1.54) is 22.0 Å². The first-order valence-corrected chi connectivity index (χ1v) is 12.0. The molecule has 0 aliphatic heterocycles. The average Bonchev–Trinajstić information content (AvgIpc) is 3.30. The number of halogens is 1. The van der Waals surface area contributed by atoms with Gasteiger partial charge in [0.25, 0.3) is 0 Å². The first-order valence-electron chi connectivity index (χ1n) is 8.65. The van der Waals surface area contributed by atoms with E-state index < -0.39 is 0 Å². The number of imidazole rings is 1. The quantitative estimate of drug-likeness (QED) is 0.390. The Morgan fingerprint density at radius 3 is 2.89 bits per heavy atom.